The molecule has 0 radical (unpaired) electrons. The number of carboxylic acid groups (broad SMARTS) is 1. The Labute approximate surface area is 337 Å². The van der Waals surface area contributed by atoms with Crippen LogP contribution in [0.4, 0.5) is 23.3 Å². The van der Waals surface area contributed by atoms with Crippen LogP contribution in [0.2, 0.25) is 10.0 Å². The van der Waals surface area contributed by atoms with Crippen LogP contribution in [0.15, 0.2) is 116 Å². The van der Waals surface area contributed by atoms with Crippen molar-refractivity contribution >= 4 is 52.4 Å². The maximum Gasteiger partial charge on any atom is 0.355 e. The maximum absolute atomic E-state index is 13.0. The molecule has 0 amide bonds. The fourth-order valence-electron chi connectivity index (χ4n) is 5.70. The van der Waals surface area contributed by atoms with Gasteiger partial charge in [-0.15, -0.1) is 0 Å². The van der Waals surface area contributed by atoms with Crippen LogP contribution in [0, 0.1) is 0 Å². The molecule has 0 fully saturated rings. The molecule has 0 saturated carbocycles. The van der Waals surface area contributed by atoms with Crippen LogP contribution in [-0.4, -0.2) is 39.3 Å². The molecule has 0 spiro atoms. The molecular formula is C41H42Cl2N8O6. The van der Waals surface area contributed by atoms with E-state index in [1.165, 1.54) is 39.0 Å². The van der Waals surface area contributed by atoms with E-state index in [-0.39, 0.29) is 42.6 Å². The van der Waals surface area contributed by atoms with Gasteiger partial charge in [-0.25, -0.2) is 33.1 Å². The Balaban J connectivity index is 0.000000218. The van der Waals surface area contributed by atoms with Gasteiger partial charge in [0.05, 0.1) is 18.7 Å². The first-order chi connectivity index (χ1) is 27.1. The number of aromatic nitrogens is 6. The van der Waals surface area contributed by atoms with Gasteiger partial charge in [0.1, 0.15) is 0 Å². The van der Waals surface area contributed by atoms with Gasteiger partial charge < -0.3 is 15.7 Å². The van der Waals surface area contributed by atoms with Gasteiger partial charge in [0.15, 0.2) is 0 Å². The average Bonchev–Trinajstić information content (AvgIpc) is 3.16. The lowest BCUT2D eigenvalue weighted by Gasteiger charge is -2.17. The van der Waals surface area contributed by atoms with E-state index in [9.17, 15) is 24.0 Å². The first-order valence-corrected chi connectivity index (χ1v) is 18.8. The van der Waals surface area contributed by atoms with E-state index < -0.39 is 28.7 Å². The number of aryl methyl sites for hydroxylation is 1. The summed E-state index contributed by atoms with van der Waals surface area (Å²) in [6, 6.07) is 27.3. The topological polar surface area (TPSA) is 175 Å². The molecule has 6 aromatic rings. The van der Waals surface area contributed by atoms with Crippen LogP contribution in [-0.2, 0) is 19.5 Å². The number of nitrogens with one attached hydrogen (secondary N) is 2. The summed E-state index contributed by atoms with van der Waals surface area (Å²) in [6.07, 6.45) is 0.935. The number of carbonyl (C=O) groups is 1. The summed E-state index contributed by atoms with van der Waals surface area (Å²) in [7, 11) is 0. The number of halogens is 2. The van der Waals surface area contributed by atoms with Gasteiger partial charge in [-0.05, 0) is 111 Å². The Morgan fingerprint density at radius 2 is 0.947 bits per heavy atom. The van der Waals surface area contributed by atoms with Crippen molar-refractivity contribution in [1.82, 2.24) is 28.2 Å². The second kappa shape index (κ2) is 18.6. The van der Waals surface area contributed by atoms with Crippen LogP contribution in [0.1, 0.15) is 73.8 Å². The molecule has 2 heterocycles. The van der Waals surface area contributed by atoms with Gasteiger partial charge in [-0.2, -0.15) is 9.97 Å². The highest BCUT2D eigenvalue weighted by Gasteiger charge is 2.18. The Hall–Kier alpha value is -6.25. The van der Waals surface area contributed by atoms with Crippen LogP contribution in [0.5, 0.6) is 0 Å². The van der Waals surface area contributed by atoms with Gasteiger partial charge >= 0.3 is 28.7 Å². The Bertz CT molecular complexity index is 2580. The Kier molecular flexibility index (Phi) is 13.7. The highest BCUT2D eigenvalue weighted by molar-refractivity contribution is 6.30. The first kappa shape index (κ1) is 41.9. The van der Waals surface area contributed by atoms with Crippen molar-refractivity contribution in [3.8, 4) is 0 Å². The van der Waals surface area contributed by atoms with Crippen molar-refractivity contribution in [1.29, 1.82) is 0 Å². The van der Waals surface area contributed by atoms with E-state index in [4.69, 9.17) is 28.3 Å². The highest BCUT2D eigenvalue weighted by atomic mass is 35.5. The summed E-state index contributed by atoms with van der Waals surface area (Å²) in [4.78, 5) is 70.0. The van der Waals surface area contributed by atoms with Crippen LogP contribution in [0.25, 0.3) is 0 Å². The van der Waals surface area contributed by atoms with E-state index in [1.807, 2.05) is 36.4 Å². The van der Waals surface area contributed by atoms with Gasteiger partial charge in [0.2, 0.25) is 11.9 Å². The van der Waals surface area contributed by atoms with Crippen LogP contribution in [0.3, 0.4) is 0 Å². The molecule has 57 heavy (non-hydrogen) atoms. The molecule has 3 N–H and O–H groups in total. The molecule has 0 saturated heterocycles. The summed E-state index contributed by atoms with van der Waals surface area (Å²) >= 11 is 11.9. The van der Waals surface area contributed by atoms with E-state index in [0.29, 0.717) is 15.7 Å². The number of anilines is 4. The standard InChI is InChI=1S/C21H23ClN4O2.C20H19ClN4O4/c1-4-15-7-11-18(12-8-15)23-19-24-20(27)26(14(2)3)21(28)25(19)13-16-5-9-17(22)10-6-16;1-12(2)25-19(28)23-18(22-16-9-5-14(6-10-16)17(26)27)24(20(25)29)11-13-3-7-15(21)8-4-13/h5-12,14H,4,13H2,1-3H3,(H,23,24,27);3-10,12H,11H2,1-2H3,(H,26,27)(H,22,23,28). The van der Waals surface area contributed by atoms with Crippen molar-refractivity contribution < 1.29 is 9.90 Å². The third-order valence-electron chi connectivity index (χ3n) is 8.75. The number of nitrogens with zero attached hydrogens (tertiary/aromatic N) is 6. The summed E-state index contributed by atoms with van der Waals surface area (Å²) < 4.78 is 5.06. The average molecular weight is 814 g/mol. The minimum absolute atomic E-state index is 0.0647. The summed E-state index contributed by atoms with van der Waals surface area (Å²) in [5, 5.41) is 16.3. The lowest BCUT2D eigenvalue weighted by Crippen LogP contribution is -2.43. The van der Waals surface area contributed by atoms with Gasteiger partial charge in [0, 0.05) is 33.5 Å². The van der Waals surface area contributed by atoms with Gasteiger partial charge in [0.25, 0.3) is 0 Å². The lowest BCUT2D eigenvalue weighted by molar-refractivity contribution is 0.0697. The van der Waals surface area contributed by atoms with Crippen LogP contribution >= 0.6 is 23.2 Å². The lowest BCUT2D eigenvalue weighted by atomic mass is 10.1. The van der Waals surface area contributed by atoms with Crippen molar-refractivity contribution in [2.45, 2.75) is 66.2 Å². The molecule has 14 nitrogen and oxygen atoms in total. The minimum atomic E-state index is -1.05. The molecule has 16 heteroatoms. The van der Waals surface area contributed by atoms with E-state index in [1.54, 1.807) is 64.1 Å². The number of hydrogen-bond acceptors (Lipinski definition) is 9. The predicted molar refractivity (Wildman–Crippen MR) is 223 cm³/mol. The Morgan fingerprint density at radius 3 is 1.28 bits per heavy atom. The predicted octanol–water partition coefficient (Wildman–Crippen LogP) is 7.12. The van der Waals surface area contributed by atoms with E-state index in [2.05, 4.69) is 27.5 Å². The second-order valence-electron chi connectivity index (χ2n) is 13.5. The number of rotatable bonds is 12. The third kappa shape index (κ3) is 10.5. The third-order valence-corrected chi connectivity index (χ3v) is 9.25. The SMILES string of the molecule is CC(C)n1c(=O)nc(Nc2ccc(C(=O)O)cc2)n(Cc2ccc(Cl)cc2)c1=O.CCc1ccc(Nc2nc(=O)n(C(C)C)c(=O)n2Cc2ccc(Cl)cc2)cc1. The molecule has 0 atom stereocenters. The Morgan fingerprint density at radius 1 is 0.596 bits per heavy atom. The van der Waals surface area contributed by atoms with Crippen LogP contribution < -0.4 is 33.4 Å². The number of hydrogen-bond donors (Lipinski definition) is 3. The van der Waals surface area contributed by atoms with E-state index in [0.717, 1.165) is 32.4 Å². The van der Waals surface area contributed by atoms with Crippen molar-refractivity contribution in [2.24, 2.45) is 0 Å². The van der Waals surface area contributed by atoms with Gasteiger partial charge in [-0.1, -0.05) is 66.5 Å². The zero-order valence-corrected chi connectivity index (χ0v) is 33.5. The molecular weight excluding hydrogens is 771 g/mol. The molecule has 0 bridgehead atoms. The van der Waals surface area contributed by atoms with Crippen molar-refractivity contribution in [3.05, 3.63) is 171 Å². The smallest absolute Gasteiger partial charge is 0.355 e. The van der Waals surface area contributed by atoms with Crippen molar-refractivity contribution in [2.75, 3.05) is 10.6 Å². The zero-order chi connectivity index (χ0) is 41.4. The molecule has 0 unspecified atom stereocenters. The molecule has 0 aliphatic rings. The monoisotopic (exact) mass is 812 g/mol. The van der Waals surface area contributed by atoms with Crippen molar-refractivity contribution in [3.63, 3.8) is 0 Å². The summed E-state index contributed by atoms with van der Waals surface area (Å²) in [5.41, 5.74) is 2.12. The number of carboxylic acids is 1. The number of aromatic carboxylic acids is 1. The first-order valence-electron chi connectivity index (χ1n) is 18.1. The maximum atomic E-state index is 13.0. The molecule has 0 aliphatic heterocycles. The normalized spacial score (nSPS) is 11.0. The fourth-order valence-corrected chi connectivity index (χ4v) is 5.95. The largest absolute Gasteiger partial charge is 0.478 e. The molecule has 296 valence electrons. The quantitative estimate of drug-likeness (QED) is 0.115. The highest BCUT2D eigenvalue weighted by Crippen LogP contribution is 2.18. The number of benzene rings is 4. The fraction of sp³-hybridized carbons (Fsp3) is 0.244. The van der Waals surface area contributed by atoms with E-state index >= 15 is 0 Å². The second-order valence-corrected chi connectivity index (χ2v) is 14.4. The molecule has 0 aliphatic carbocycles. The zero-order valence-electron chi connectivity index (χ0n) is 31.9. The summed E-state index contributed by atoms with van der Waals surface area (Å²) in [6.45, 7) is 9.56. The van der Waals surface area contributed by atoms with Gasteiger partial charge in [-0.3, -0.25) is 9.13 Å². The molecule has 2 aromatic heterocycles. The molecule has 6 rings (SSSR count). The summed E-state index contributed by atoms with van der Waals surface area (Å²) in [5.74, 6) is -0.769. The molecule has 4 aromatic carbocycles. The minimum Gasteiger partial charge on any atom is -0.478 e.